The molecule has 1 fully saturated rings. The third kappa shape index (κ3) is 9.18. The molecule has 0 N–H and O–H groups in total. The minimum atomic E-state index is -4.72. The van der Waals surface area contributed by atoms with Crippen molar-refractivity contribution >= 4 is 28.6 Å². The second kappa shape index (κ2) is 14.0. The van der Waals surface area contributed by atoms with E-state index in [2.05, 4.69) is 10.3 Å². The van der Waals surface area contributed by atoms with Crippen LogP contribution in [0.2, 0.25) is 0 Å². The largest absolute Gasteiger partial charge is 0.493 e. The fourth-order valence-corrected chi connectivity index (χ4v) is 5.01. The number of carbonyl (C=O) groups excluding carboxylic acids is 3. The number of alkyl halides is 3. The number of ketones is 1. The molecule has 0 amide bonds. The van der Waals surface area contributed by atoms with E-state index in [0.717, 1.165) is 23.2 Å². The van der Waals surface area contributed by atoms with E-state index in [0.29, 0.717) is 31.6 Å². The minimum absolute atomic E-state index is 0.0750. The Bertz CT molecular complexity index is 1670. The summed E-state index contributed by atoms with van der Waals surface area (Å²) in [6, 6.07) is 8.70. The standard InChI is InChI=1S/C34H40F3N3O8/c1-31(2,3)47-29(43)33(30(44)48-32(4,5)6,18-27(41)22-7-10-24(11-8-22)46-20-21-13-16-45-19-21)14-15-40-28(42)25-17-23(34(35,36)37)9-12-26(25)38-39-40/h7-12,17,21H,13-16,18-20H2,1-6H3. The molecule has 3 aromatic rings. The average Bonchev–Trinajstić information content (AvgIpc) is 3.50. The molecular weight excluding hydrogens is 635 g/mol. The summed E-state index contributed by atoms with van der Waals surface area (Å²) in [7, 11) is 0. The van der Waals surface area contributed by atoms with Gasteiger partial charge >= 0.3 is 18.1 Å². The summed E-state index contributed by atoms with van der Waals surface area (Å²) in [6.07, 6.45) is -5.05. The summed E-state index contributed by atoms with van der Waals surface area (Å²) in [5, 5.41) is 7.32. The van der Waals surface area contributed by atoms with Gasteiger partial charge in [0.05, 0.1) is 24.2 Å². The predicted octanol–water partition coefficient (Wildman–Crippen LogP) is 5.56. The van der Waals surface area contributed by atoms with Gasteiger partial charge in [0.25, 0.3) is 5.56 Å². The van der Waals surface area contributed by atoms with E-state index in [9.17, 15) is 32.3 Å². The molecule has 11 nitrogen and oxygen atoms in total. The Balaban J connectivity index is 1.70. The maximum atomic E-state index is 14.0. The van der Waals surface area contributed by atoms with Gasteiger partial charge in [-0.2, -0.15) is 13.2 Å². The Morgan fingerprint density at radius 2 is 1.56 bits per heavy atom. The molecule has 1 aliphatic rings. The second-order valence-corrected chi connectivity index (χ2v) is 13.8. The number of fused-ring (bicyclic) bond motifs is 1. The fraction of sp³-hybridized carbons (Fsp3) is 0.529. The number of Topliss-reactive ketones (excluding diaryl/α,β-unsaturated/α-hetero) is 1. The third-order valence-corrected chi connectivity index (χ3v) is 7.53. The van der Waals surface area contributed by atoms with Crippen LogP contribution in [0.15, 0.2) is 47.3 Å². The summed E-state index contributed by atoms with van der Waals surface area (Å²) >= 11 is 0. The van der Waals surface area contributed by atoms with Crippen LogP contribution in [0.1, 0.15) is 76.7 Å². The van der Waals surface area contributed by atoms with E-state index in [-0.39, 0.29) is 22.4 Å². The maximum absolute atomic E-state index is 14.0. The van der Waals surface area contributed by atoms with Crippen molar-refractivity contribution in [2.75, 3.05) is 19.8 Å². The SMILES string of the molecule is CC(C)(C)OC(=O)C(CCn1nnc2ccc(C(F)(F)F)cc2c1=O)(CC(=O)c1ccc(OCC2CCOC2)cc1)C(=O)OC(C)(C)C. The van der Waals surface area contributed by atoms with Crippen molar-refractivity contribution in [2.24, 2.45) is 11.3 Å². The van der Waals surface area contributed by atoms with Crippen molar-refractivity contribution in [1.29, 1.82) is 0 Å². The van der Waals surface area contributed by atoms with Crippen LogP contribution in [-0.4, -0.2) is 63.7 Å². The highest BCUT2D eigenvalue weighted by Gasteiger charge is 2.52. The highest BCUT2D eigenvalue weighted by molar-refractivity contribution is 6.07. The lowest BCUT2D eigenvalue weighted by molar-refractivity contribution is -0.186. The van der Waals surface area contributed by atoms with Crippen LogP contribution in [-0.2, 0) is 36.5 Å². The van der Waals surface area contributed by atoms with Gasteiger partial charge in [-0.1, -0.05) is 5.21 Å². The lowest BCUT2D eigenvalue weighted by Gasteiger charge is -2.34. The van der Waals surface area contributed by atoms with Gasteiger partial charge in [0, 0.05) is 31.1 Å². The van der Waals surface area contributed by atoms with E-state index in [4.69, 9.17) is 18.9 Å². The number of ether oxygens (including phenoxy) is 4. The molecule has 0 radical (unpaired) electrons. The number of aryl methyl sites for hydroxylation is 1. The van der Waals surface area contributed by atoms with E-state index < -0.39 is 71.0 Å². The first kappa shape index (κ1) is 36.5. The Labute approximate surface area is 275 Å². The lowest BCUT2D eigenvalue weighted by Crippen LogP contribution is -2.49. The molecule has 1 unspecified atom stereocenters. The molecule has 14 heteroatoms. The molecule has 0 saturated carbocycles. The van der Waals surface area contributed by atoms with Crippen LogP contribution in [0.25, 0.3) is 10.9 Å². The van der Waals surface area contributed by atoms with E-state index in [1.54, 1.807) is 53.7 Å². The Hall–Kier alpha value is -4.33. The lowest BCUT2D eigenvalue weighted by atomic mass is 9.78. The van der Waals surface area contributed by atoms with E-state index in [1.165, 1.54) is 12.1 Å². The molecule has 4 rings (SSSR count). The number of hydrogen-bond donors (Lipinski definition) is 0. The first-order valence-electron chi connectivity index (χ1n) is 15.5. The van der Waals surface area contributed by atoms with Crippen LogP contribution in [0.4, 0.5) is 13.2 Å². The number of benzene rings is 2. The number of aromatic nitrogens is 3. The minimum Gasteiger partial charge on any atom is -0.493 e. The molecule has 2 aromatic carbocycles. The number of esters is 2. The van der Waals surface area contributed by atoms with Crippen molar-refractivity contribution in [3.05, 3.63) is 63.9 Å². The van der Waals surface area contributed by atoms with Crippen LogP contribution in [0.3, 0.4) is 0 Å². The molecule has 48 heavy (non-hydrogen) atoms. The van der Waals surface area contributed by atoms with Crippen LogP contribution in [0.5, 0.6) is 5.75 Å². The second-order valence-electron chi connectivity index (χ2n) is 13.8. The highest BCUT2D eigenvalue weighted by atomic mass is 19.4. The van der Waals surface area contributed by atoms with Crippen LogP contribution < -0.4 is 10.3 Å². The summed E-state index contributed by atoms with van der Waals surface area (Å²) < 4.78 is 63.4. The Morgan fingerprint density at radius 3 is 2.10 bits per heavy atom. The van der Waals surface area contributed by atoms with Crippen molar-refractivity contribution in [3.63, 3.8) is 0 Å². The van der Waals surface area contributed by atoms with Gasteiger partial charge in [-0.25, -0.2) is 4.68 Å². The molecule has 260 valence electrons. The smallest absolute Gasteiger partial charge is 0.416 e. The van der Waals surface area contributed by atoms with Gasteiger partial charge in [0.2, 0.25) is 0 Å². The summed E-state index contributed by atoms with van der Waals surface area (Å²) in [5.74, 6) is -1.96. The highest BCUT2D eigenvalue weighted by Crippen LogP contribution is 2.36. The quantitative estimate of drug-likeness (QED) is 0.144. The normalized spacial score (nSPS) is 15.7. The van der Waals surface area contributed by atoms with Gasteiger partial charge in [-0.05, 0) is 96.8 Å². The Kier molecular flexibility index (Phi) is 10.7. The monoisotopic (exact) mass is 675 g/mol. The zero-order valence-electron chi connectivity index (χ0n) is 27.8. The van der Waals surface area contributed by atoms with E-state index in [1.807, 2.05) is 0 Å². The van der Waals surface area contributed by atoms with Crippen molar-refractivity contribution in [3.8, 4) is 5.75 Å². The summed E-state index contributed by atoms with van der Waals surface area (Å²) in [5.41, 5.74) is -6.36. The molecular formula is C34H40F3N3O8. The molecule has 0 aliphatic carbocycles. The van der Waals surface area contributed by atoms with Gasteiger partial charge < -0.3 is 18.9 Å². The summed E-state index contributed by atoms with van der Waals surface area (Å²) in [6.45, 7) is 10.8. The number of nitrogens with zero attached hydrogens (tertiary/aromatic N) is 3. The zero-order chi connectivity index (χ0) is 35.5. The molecule has 1 aliphatic heterocycles. The predicted molar refractivity (Wildman–Crippen MR) is 167 cm³/mol. The first-order valence-corrected chi connectivity index (χ1v) is 15.5. The Morgan fingerprint density at radius 1 is 0.938 bits per heavy atom. The molecule has 1 atom stereocenters. The molecule has 0 bridgehead atoms. The molecule has 1 saturated heterocycles. The van der Waals surface area contributed by atoms with Gasteiger partial charge in [0.15, 0.2) is 11.2 Å². The van der Waals surface area contributed by atoms with Crippen molar-refractivity contribution < 1.29 is 46.5 Å². The molecule has 2 heterocycles. The van der Waals surface area contributed by atoms with Crippen LogP contribution >= 0.6 is 0 Å². The van der Waals surface area contributed by atoms with Crippen molar-refractivity contribution in [2.45, 2.75) is 84.7 Å². The number of halogens is 3. The maximum Gasteiger partial charge on any atom is 0.416 e. The van der Waals surface area contributed by atoms with Crippen LogP contribution in [0, 0.1) is 11.3 Å². The topological polar surface area (TPSA) is 136 Å². The number of hydrogen-bond acceptors (Lipinski definition) is 10. The van der Waals surface area contributed by atoms with Gasteiger partial charge in [-0.3, -0.25) is 19.2 Å². The van der Waals surface area contributed by atoms with Crippen molar-refractivity contribution in [1.82, 2.24) is 15.0 Å². The fourth-order valence-electron chi connectivity index (χ4n) is 5.01. The van der Waals surface area contributed by atoms with Gasteiger partial charge in [-0.15, -0.1) is 5.10 Å². The summed E-state index contributed by atoms with van der Waals surface area (Å²) in [4.78, 5) is 55.0. The number of carbonyl (C=O) groups is 3. The van der Waals surface area contributed by atoms with E-state index >= 15 is 0 Å². The molecule has 1 aromatic heterocycles. The number of rotatable bonds is 11. The van der Waals surface area contributed by atoms with Gasteiger partial charge in [0.1, 0.15) is 22.5 Å². The average molecular weight is 676 g/mol. The zero-order valence-corrected chi connectivity index (χ0v) is 27.8. The third-order valence-electron chi connectivity index (χ3n) is 7.53. The first-order chi connectivity index (χ1) is 22.3. The molecule has 0 spiro atoms.